The SMILES string of the molecule is Cc1cccc(-c2nn(COCC[Si](C)(C)C)cc2-c2ccc(F)c(-c3ccc(S(=O)(=O)C(F)F)cc3)c2)n1. The molecule has 0 aliphatic carbocycles. The number of pyridine rings is 1. The minimum absolute atomic E-state index is 0.191. The third-order valence-electron chi connectivity index (χ3n) is 6.12. The summed E-state index contributed by atoms with van der Waals surface area (Å²) in [6.45, 7) is 9.59. The van der Waals surface area contributed by atoms with Crippen molar-refractivity contribution in [1.82, 2.24) is 14.8 Å². The van der Waals surface area contributed by atoms with E-state index in [0.29, 0.717) is 34.7 Å². The van der Waals surface area contributed by atoms with Gasteiger partial charge in [0.25, 0.3) is 0 Å². The van der Waals surface area contributed by atoms with E-state index in [1.165, 1.54) is 18.2 Å². The topological polar surface area (TPSA) is 74.1 Å². The second kappa shape index (κ2) is 11.4. The molecule has 0 fully saturated rings. The van der Waals surface area contributed by atoms with Crippen LogP contribution in [0.4, 0.5) is 13.2 Å². The monoisotopic (exact) mass is 573 g/mol. The van der Waals surface area contributed by atoms with Gasteiger partial charge in [0, 0.05) is 37.7 Å². The minimum Gasteiger partial charge on any atom is -0.360 e. The third-order valence-corrected chi connectivity index (χ3v) is 9.22. The molecule has 0 N–H and O–H groups in total. The molecule has 39 heavy (non-hydrogen) atoms. The van der Waals surface area contributed by atoms with Gasteiger partial charge in [0.1, 0.15) is 18.2 Å². The molecule has 206 valence electrons. The Bertz CT molecular complexity index is 1570. The number of nitrogens with zero attached hydrogens (tertiary/aromatic N) is 3. The Labute approximate surface area is 227 Å². The van der Waals surface area contributed by atoms with Crippen LogP contribution in [0.5, 0.6) is 0 Å². The predicted octanol–water partition coefficient (Wildman–Crippen LogP) is 7.04. The number of sulfone groups is 1. The normalized spacial score (nSPS) is 12.3. The zero-order chi connectivity index (χ0) is 28.4. The molecule has 0 saturated heterocycles. The molecule has 0 aliphatic rings. The Balaban J connectivity index is 1.71. The second-order valence-electron chi connectivity index (χ2n) is 10.5. The summed E-state index contributed by atoms with van der Waals surface area (Å²) < 4.78 is 71.9. The van der Waals surface area contributed by atoms with E-state index in [-0.39, 0.29) is 12.3 Å². The number of aryl methyl sites for hydroxylation is 1. The lowest BCUT2D eigenvalue weighted by Gasteiger charge is -2.15. The van der Waals surface area contributed by atoms with E-state index in [0.717, 1.165) is 23.9 Å². The summed E-state index contributed by atoms with van der Waals surface area (Å²) in [5, 5.41) is 4.72. The highest BCUT2D eigenvalue weighted by Gasteiger charge is 2.26. The van der Waals surface area contributed by atoms with E-state index in [9.17, 15) is 21.6 Å². The van der Waals surface area contributed by atoms with Crippen molar-refractivity contribution in [2.75, 3.05) is 6.61 Å². The molecule has 0 amide bonds. The van der Waals surface area contributed by atoms with Gasteiger partial charge in [-0.25, -0.2) is 17.5 Å². The van der Waals surface area contributed by atoms with E-state index in [1.807, 2.05) is 31.3 Å². The lowest BCUT2D eigenvalue weighted by Crippen LogP contribution is -2.22. The Hall–Kier alpha value is -3.28. The Morgan fingerprint density at radius 2 is 1.67 bits per heavy atom. The summed E-state index contributed by atoms with van der Waals surface area (Å²) in [7, 11) is -5.99. The van der Waals surface area contributed by atoms with Crippen LogP contribution < -0.4 is 0 Å². The van der Waals surface area contributed by atoms with Gasteiger partial charge in [-0.05, 0) is 60.5 Å². The fraction of sp³-hybridized carbons (Fsp3) is 0.286. The molecule has 4 rings (SSSR count). The van der Waals surface area contributed by atoms with E-state index in [2.05, 4.69) is 24.6 Å². The minimum atomic E-state index is -4.75. The molecule has 0 saturated carbocycles. The maximum Gasteiger partial charge on any atom is 0.341 e. The lowest BCUT2D eigenvalue weighted by molar-refractivity contribution is 0.0787. The summed E-state index contributed by atoms with van der Waals surface area (Å²) in [5.41, 5.74) is 3.97. The first-order valence-corrected chi connectivity index (χ1v) is 17.6. The number of aromatic nitrogens is 3. The van der Waals surface area contributed by atoms with Crippen molar-refractivity contribution in [1.29, 1.82) is 0 Å². The molecule has 0 atom stereocenters. The zero-order valence-electron chi connectivity index (χ0n) is 22.2. The first-order valence-electron chi connectivity index (χ1n) is 12.4. The summed E-state index contributed by atoms with van der Waals surface area (Å²) >= 11 is 0. The molecule has 2 aromatic carbocycles. The molecule has 0 spiro atoms. The van der Waals surface area contributed by atoms with Gasteiger partial charge in [-0.15, -0.1) is 0 Å². The van der Waals surface area contributed by atoms with Crippen LogP contribution in [0.1, 0.15) is 5.69 Å². The van der Waals surface area contributed by atoms with Crippen LogP contribution in [0.3, 0.4) is 0 Å². The largest absolute Gasteiger partial charge is 0.360 e. The molecule has 2 heterocycles. The quantitative estimate of drug-likeness (QED) is 0.150. The van der Waals surface area contributed by atoms with Gasteiger partial charge in [0.05, 0.1) is 10.6 Å². The molecule has 4 aromatic rings. The lowest BCUT2D eigenvalue weighted by atomic mass is 9.98. The summed E-state index contributed by atoms with van der Waals surface area (Å²) in [5.74, 6) is -4.08. The number of hydrogen-bond donors (Lipinski definition) is 0. The van der Waals surface area contributed by atoms with Gasteiger partial charge >= 0.3 is 5.76 Å². The highest BCUT2D eigenvalue weighted by molar-refractivity contribution is 7.91. The fourth-order valence-electron chi connectivity index (χ4n) is 3.94. The number of alkyl halides is 2. The molecular weight excluding hydrogens is 543 g/mol. The van der Waals surface area contributed by atoms with Crippen molar-refractivity contribution in [3.05, 3.63) is 78.4 Å². The van der Waals surface area contributed by atoms with Crippen molar-refractivity contribution < 1.29 is 26.3 Å². The molecule has 2 aromatic heterocycles. The van der Waals surface area contributed by atoms with Crippen LogP contribution in [0.15, 0.2) is 71.8 Å². The standard InChI is InChI=1S/C28H30F3N3O3SSi/c1-19-6-5-7-26(32-19)27-24(17-34(33-27)18-37-14-15-39(2,3)4)21-10-13-25(29)23(16-21)20-8-11-22(12-9-20)38(35,36)28(30)31/h5-13,16-17,28H,14-15,18H2,1-4H3. The molecule has 0 bridgehead atoms. The van der Waals surface area contributed by atoms with Gasteiger partial charge in [-0.2, -0.15) is 13.9 Å². The molecule has 6 nitrogen and oxygen atoms in total. The fourth-order valence-corrected chi connectivity index (χ4v) is 5.42. The maximum atomic E-state index is 14.9. The molecule has 11 heteroatoms. The van der Waals surface area contributed by atoms with Gasteiger partial charge in [-0.3, -0.25) is 4.98 Å². The van der Waals surface area contributed by atoms with Crippen LogP contribution in [-0.4, -0.2) is 43.6 Å². The Morgan fingerprint density at radius 3 is 2.31 bits per heavy atom. The molecular formula is C28H30F3N3O3SSi. The third kappa shape index (κ3) is 6.84. The van der Waals surface area contributed by atoms with Crippen LogP contribution in [0.25, 0.3) is 33.6 Å². The summed E-state index contributed by atoms with van der Waals surface area (Å²) in [6, 6.07) is 15.9. The predicted molar refractivity (Wildman–Crippen MR) is 148 cm³/mol. The van der Waals surface area contributed by atoms with Crippen LogP contribution in [0, 0.1) is 12.7 Å². The number of hydrogen-bond acceptors (Lipinski definition) is 5. The zero-order valence-corrected chi connectivity index (χ0v) is 24.0. The van der Waals surface area contributed by atoms with Crippen LogP contribution in [-0.2, 0) is 21.3 Å². The first-order chi connectivity index (χ1) is 18.3. The van der Waals surface area contributed by atoms with E-state index < -0.39 is 34.4 Å². The van der Waals surface area contributed by atoms with E-state index in [4.69, 9.17) is 9.84 Å². The number of benzene rings is 2. The van der Waals surface area contributed by atoms with Crippen molar-refractivity contribution >= 4 is 17.9 Å². The summed E-state index contributed by atoms with van der Waals surface area (Å²) in [6.07, 6.45) is 1.82. The number of ether oxygens (including phenoxy) is 1. The average Bonchev–Trinajstić information content (AvgIpc) is 3.31. The van der Waals surface area contributed by atoms with Crippen LogP contribution in [0.2, 0.25) is 25.7 Å². The first kappa shape index (κ1) is 28.7. The molecule has 0 radical (unpaired) electrons. The Kier molecular flexibility index (Phi) is 8.43. The second-order valence-corrected chi connectivity index (χ2v) is 18.0. The smallest absolute Gasteiger partial charge is 0.341 e. The van der Waals surface area contributed by atoms with E-state index in [1.54, 1.807) is 16.8 Å². The van der Waals surface area contributed by atoms with E-state index >= 15 is 0 Å². The highest BCUT2D eigenvalue weighted by atomic mass is 32.2. The molecule has 0 unspecified atom stereocenters. The number of halogens is 3. The van der Waals surface area contributed by atoms with Crippen molar-refractivity contribution in [2.24, 2.45) is 0 Å². The van der Waals surface area contributed by atoms with Gasteiger partial charge in [0.2, 0.25) is 9.84 Å². The number of rotatable bonds is 10. The van der Waals surface area contributed by atoms with Gasteiger partial charge < -0.3 is 4.74 Å². The Morgan fingerprint density at radius 1 is 0.974 bits per heavy atom. The van der Waals surface area contributed by atoms with Crippen molar-refractivity contribution in [3.8, 4) is 33.6 Å². The average molecular weight is 574 g/mol. The molecule has 0 aliphatic heterocycles. The highest BCUT2D eigenvalue weighted by Crippen LogP contribution is 2.34. The van der Waals surface area contributed by atoms with Crippen molar-refractivity contribution in [2.45, 2.75) is 50.0 Å². The summed E-state index contributed by atoms with van der Waals surface area (Å²) in [4.78, 5) is 4.09. The van der Waals surface area contributed by atoms with Gasteiger partial charge in [0.15, 0.2) is 0 Å². The van der Waals surface area contributed by atoms with Crippen molar-refractivity contribution in [3.63, 3.8) is 0 Å². The maximum absolute atomic E-state index is 14.9. The van der Waals surface area contributed by atoms with Crippen LogP contribution >= 0.6 is 0 Å². The van der Waals surface area contributed by atoms with Gasteiger partial charge in [-0.1, -0.05) is 43.9 Å².